The van der Waals surface area contributed by atoms with Crippen LogP contribution in [0.4, 0.5) is 0 Å². The largest absolute Gasteiger partial charge is 0.356 e. The number of Topliss-reactive ketones (excluding diaryl/α,β-unsaturated/α-hetero) is 3. The van der Waals surface area contributed by atoms with Gasteiger partial charge in [0.2, 0.25) is 0 Å². The number of carbonyl (C=O) groups excluding carboxylic acids is 3. The van der Waals surface area contributed by atoms with Crippen molar-refractivity contribution >= 4 is 48.0 Å². The molecule has 0 saturated heterocycles. The van der Waals surface area contributed by atoms with E-state index >= 15 is 0 Å². The summed E-state index contributed by atoms with van der Waals surface area (Å²) in [7, 11) is -1.15. The maximum atomic E-state index is 12.9. The van der Waals surface area contributed by atoms with Crippen molar-refractivity contribution in [2.45, 2.75) is 79.8 Å². The van der Waals surface area contributed by atoms with E-state index in [1.165, 1.54) is 0 Å². The third-order valence-electron chi connectivity index (χ3n) is 5.41. The second-order valence-electron chi connectivity index (χ2n) is 9.43. The minimum atomic E-state index is -1.15. The monoisotopic (exact) mass is 552 g/mol. The summed E-state index contributed by atoms with van der Waals surface area (Å²) < 4.78 is 12.4. The quantitative estimate of drug-likeness (QED) is 0.0859. The molecule has 7 heteroatoms. The van der Waals surface area contributed by atoms with Crippen molar-refractivity contribution in [1.29, 1.82) is 0 Å². The first-order valence-electron chi connectivity index (χ1n) is 10.9. The molecule has 0 saturated carbocycles. The molecule has 0 bridgehead atoms. The van der Waals surface area contributed by atoms with Gasteiger partial charge >= 0.3 is 0 Å². The molecule has 0 N–H and O–H groups in total. The molecule has 2 unspecified atom stereocenters. The molecule has 0 spiro atoms. The van der Waals surface area contributed by atoms with Crippen molar-refractivity contribution in [3.05, 3.63) is 9.66 Å². The smallest absolute Gasteiger partial charge is 0.153 e. The van der Waals surface area contributed by atoms with Gasteiger partial charge in [0, 0.05) is 26.5 Å². The first-order valence-corrected chi connectivity index (χ1v) is 15.7. The number of allylic oxidation sites excluding steroid dienone is 2. The van der Waals surface area contributed by atoms with E-state index in [1.54, 1.807) is 27.7 Å². The summed E-state index contributed by atoms with van der Waals surface area (Å²) >= 11 is 2.14. The van der Waals surface area contributed by atoms with Crippen LogP contribution in [-0.4, -0.2) is 44.9 Å². The third kappa shape index (κ3) is 10.8. The number of ether oxygens (including phenoxy) is 2. The number of hydrogen-bond acceptors (Lipinski definition) is 5. The number of halogens is 1. The van der Waals surface area contributed by atoms with E-state index in [1.807, 2.05) is 19.9 Å². The zero-order chi connectivity index (χ0) is 23.6. The van der Waals surface area contributed by atoms with Gasteiger partial charge in [0.15, 0.2) is 5.78 Å². The highest BCUT2D eigenvalue weighted by Crippen LogP contribution is 2.22. The summed E-state index contributed by atoms with van der Waals surface area (Å²) in [6.07, 6.45) is 2.18. The molecule has 0 aliphatic carbocycles. The van der Waals surface area contributed by atoms with E-state index in [2.05, 4.69) is 42.2 Å². The van der Waals surface area contributed by atoms with Gasteiger partial charge < -0.3 is 9.47 Å². The maximum Gasteiger partial charge on any atom is 0.153 e. The highest BCUT2D eigenvalue weighted by molar-refractivity contribution is 14.1. The Labute approximate surface area is 197 Å². The average molecular weight is 553 g/mol. The molecule has 0 aliphatic heterocycles. The van der Waals surface area contributed by atoms with Crippen molar-refractivity contribution in [2.75, 3.05) is 13.4 Å². The standard InChI is InChI=1S/C23H41IO5Si/c1-10-20(29-14-28-11-12-30(7,8)9)17(4)22(26)19(6)23(27)18(5)21(25)15(2)13-16(3)24/h13,15,17-20H,10-12,14H2,1-9H3/b16-13+/t15-,17-,18?,19?,20+/m1/s1. The van der Waals surface area contributed by atoms with Crippen molar-refractivity contribution in [1.82, 2.24) is 0 Å². The molecular weight excluding hydrogens is 511 g/mol. The molecule has 0 aromatic carbocycles. The van der Waals surface area contributed by atoms with E-state index in [0.29, 0.717) is 13.0 Å². The lowest BCUT2D eigenvalue weighted by molar-refractivity contribution is -0.145. The van der Waals surface area contributed by atoms with Gasteiger partial charge in [-0.1, -0.05) is 46.5 Å². The van der Waals surface area contributed by atoms with E-state index in [9.17, 15) is 14.4 Å². The van der Waals surface area contributed by atoms with E-state index < -0.39 is 25.8 Å². The molecule has 30 heavy (non-hydrogen) atoms. The van der Waals surface area contributed by atoms with Crippen LogP contribution in [0.1, 0.15) is 48.0 Å². The molecule has 0 rings (SSSR count). The van der Waals surface area contributed by atoms with Crippen molar-refractivity contribution in [3.8, 4) is 0 Å². The van der Waals surface area contributed by atoms with Crippen LogP contribution in [0.2, 0.25) is 25.7 Å². The van der Waals surface area contributed by atoms with Gasteiger partial charge in [-0.25, -0.2) is 0 Å². The predicted octanol–water partition coefficient (Wildman–Crippen LogP) is 5.68. The zero-order valence-electron chi connectivity index (χ0n) is 20.2. The molecular formula is C23H41IO5Si. The van der Waals surface area contributed by atoms with Crippen molar-refractivity contribution < 1.29 is 23.9 Å². The molecule has 0 heterocycles. The number of hydrogen-bond donors (Lipinski definition) is 0. The summed E-state index contributed by atoms with van der Waals surface area (Å²) in [5.74, 6) is -3.06. The summed E-state index contributed by atoms with van der Waals surface area (Å²) in [5.41, 5.74) is 0. The van der Waals surface area contributed by atoms with E-state index in [4.69, 9.17) is 9.47 Å². The summed E-state index contributed by atoms with van der Waals surface area (Å²) in [5, 5.41) is 0. The Morgan fingerprint density at radius 2 is 1.50 bits per heavy atom. The van der Waals surface area contributed by atoms with Crippen molar-refractivity contribution in [3.63, 3.8) is 0 Å². The van der Waals surface area contributed by atoms with Gasteiger partial charge in [0.25, 0.3) is 0 Å². The Kier molecular flexibility index (Phi) is 13.7. The first kappa shape index (κ1) is 29.6. The highest BCUT2D eigenvalue weighted by atomic mass is 127. The van der Waals surface area contributed by atoms with Crippen LogP contribution < -0.4 is 0 Å². The van der Waals surface area contributed by atoms with Gasteiger partial charge in [-0.15, -0.1) is 0 Å². The van der Waals surface area contributed by atoms with Crippen LogP contribution in [0.25, 0.3) is 0 Å². The molecule has 174 valence electrons. The summed E-state index contributed by atoms with van der Waals surface area (Å²) in [4.78, 5) is 38.3. The minimum Gasteiger partial charge on any atom is -0.356 e. The molecule has 0 fully saturated rings. The van der Waals surface area contributed by atoms with Crippen LogP contribution in [-0.2, 0) is 23.9 Å². The van der Waals surface area contributed by atoms with Gasteiger partial charge in [-0.05, 0) is 59.4 Å². The molecule has 5 nitrogen and oxygen atoms in total. The van der Waals surface area contributed by atoms with Crippen molar-refractivity contribution in [2.24, 2.45) is 23.7 Å². The molecule has 0 amide bonds. The minimum absolute atomic E-state index is 0.150. The highest BCUT2D eigenvalue weighted by Gasteiger charge is 2.35. The Bertz CT molecular complexity index is 607. The lowest BCUT2D eigenvalue weighted by Crippen LogP contribution is -2.38. The molecule has 0 aliphatic rings. The SMILES string of the molecule is CC[C@H](OCOCC[Si](C)(C)C)[C@@H](C)C(=O)C(C)C(=O)C(C)C(=O)[C@H](C)/C=C(\C)I. The normalized spacial score (nSPS) is 17.7. The Morgan fingerprint density at radius 3 is 1.97 bits per heavy atom. The average Bonchev–Trinajstić information content (AvgIpc) is 2.65. The molecule has 0 radical (unpaired) electrons. The first-order chi connectivity index (χ1) is 13.7. The van der Waals surface area contributed by atoms with Crippen LogP contribution in [0, 0.1) is 23.7 Å². The van der Waals surface area contributed by atoms with Crippen LogP contribution >= 0.6 is 22.6 Å². The lowest BCUT2D eigenvalue weighted by atomic mass is 9.81. The predicted molar refractivity (Wildman–Crippen MR) is 134 cm³/mol. The second-order valence-corrected chi connectivity index (χ2v) is 16.8. The van der Waals surface area contributed by atoms with E-state index in [-0.39, 0.29) is 36.2 Å². The zero-order valence-corrected chi connectivity index (χ0v) is 23.4. The fourth-order valence-electron chi connectivity index (χ4n) is 3.24. The summed E-state index contributed by atoms with van der Waals surface area (Å²) in [6.45, 7) is 18.3. The van der Waals surface area contributed by atoms with Gasteiger partial charge in [-0.3, -0.25) is 14.4 Å². The summed E-state index contributed by atoms with van der Waals surface area (Å²) in [6, 6.07) is 1.06. The maximum absolute atomic E-state index is 12.9. The Balaban J connectivity index is 4.85. The number of rotatable bonds is 15. The van der Waals surface area contributed by atoms with E-state index in [0.717, 1.165) is 9.62 Å². The van der Waals surface area contributed by atoms with Crippen LogP contribution in [0.5, 0.6) is 0 Å². The third-order valence-corrected chi connectivity index (χ3v) is 7.47. The molecule has 0 aromatic rings. The number of carbonyl (C=O) groups is 3. The molecule has 0 aromatic heterocycles. The Hall–Kier alpha value is -0.383. The second kappa shape index (κ2) is 13.9. The van der Waals surface area contributed by atoms with Crippen LogP contribution in [0.15, 0.2) is 9.66 Å². The molecule has 5 atom stereocenters. The fraction of sp³-hybridized carbons (Fsp3) is 0.783. The van der Waals surface area contributed by atoms with Gasteiger partial charge in [0.05, 0.1) is 17.9 Å². The Morgan fingerprint density at radius 1 is 0.967 bits per heavy atom. The van der Waals surface area contributed by atoms with Gasteiger partial charge in [0.1, 0.15) is 18.4 Å². The van der Waals surface area contributed by atoms with Gasteiger partial charge in [-0.2, -0.15) is 0 Å². The number of ketones is 3. The lowest BCUT2D eigenvalue weighted by Gasteiger charge is -2.25. The van der Waals surface area contributed by atoms with Crippen LogP contribution in [0.3, 0.4) is 0 Å². The topological polar surface area (TPSA) is 69.7 Å². The fourth-order valence-corrected chi connectivity index (χ4v) is 4.54.